The minimum atomic E-state index is 0.534. The zero-order valence-corrected chi connectivity index (χ0v) is 12.0. The number of aryl methyl sites for hydroxylation is 1. The third kappa shape index (κ3) is 3.51. The molecule has 1 heterocycles. The zero-order chi connectivity index (χ0) is 13.0. The van der Waals surface area contributed by atoms with Crippen LogP contribution < -0.4 is 11.1 Å². The minimum absolute atomic E-state index is 0.534. The van der Waals surface area contributed by atoms with Crippen molar-refractivity contribution in [3.63, 3.8) is 0 Å². The highest BCUT2D eigenvalue weighted by molar-refractivity contribution is 7.99. The largest absolute Gasteiger partial charge is 0.384 e. The van der Waals surface area contributed by atoms with Crippen LogP contribution in [0.2, 0.25) is 0 Å². The highest BCUT2D eigenvalue weighted by Crippen LogP contribution is 2.30. The van der Waals surface area contributed by atoms with Crippen molar-refractivity contribution in [2.75, 3.05) is 17.3 Å². The third-order valence-corrected chi connectivity index (χ3v) is 4.43. The molecule has 1 saturated carbocycles. The first-order valence-electron chi connectivity index (χ1n) is 6.64. The fraction of sp³-hybridized carbons (Fsp3) is 0.692. The van der Waals surface area contributed by atoms with Gasteiger partial charge in [0.05, 0.1) is 0 Å². The molecular formula is C13H22N4S. The van der Waals surface area contributed by atoms with Gasteiger partial charge in [-0.3, -0.25) is 0 Å². The van der Waals surface area contributed by atoms with Crippen LogP contribution in [-0.2, 0) is 6.42 Å². The lowest BCUT2D eigenvalue weighted by Crippen LogP contribution is -2.18. The van der Waals surface area contributed by atoms with Gasteiger partial charge in [-0.05, 0) is 31.9 Å². The normalized spacial score (nSPS) is 23.2. The third-order valence-electron chi connectivity index (χ3n) is 3.34. The average molecular weight is 266 g/mol. The van der Waals surface area contributed by atoms with Crippen molar-refractivity contribution in [1.82, 2.24) is 9.97 Å². The molecule has 4 nitrogen and oxygen atoms in total. The quantitative estimate of drug-likeness (QED) is 0.858. The number of rotatable bonds is 5. The maximum absolute atomic E-state index is 5.82. The van der Waals surface area contributed by atoms with E-state index in [9.17, 15) is 0 Å². The highest BCUT2D eigenvalue weighted by Gasteiger charge is 2.24. The monoisotopic (exact) mass is 266 g/mol. The van der Waals surface area contributed by atoms with E-state index in [1.807, 2.05) is 17.8 Å². The van der Waals surface area contributed by atoms with E-state index >= 15 is 0 Å². The molecule has 0 bridgehead atoms. The van der Waals surface area contributed by atoms with Gasteiger partial charge in [-0.1, -0.05) is 6.92 Å². The van der Waals surface area contributed by atoms with Crippen LogP contribution in [-0.4, -0.2) is 27.5 Å². The van der Waals surface area contributed by atoms with Gasteiger partial charge in [0.2, 0.25) is 0 Å². The number of hydrogen-bond donors (Lipinski definition) is 2. The maximum atomic E-state index is 5.82. The topological polar surface area (TPSA) is 63.8 Å². The second kappa shape index (κ2) is 6.27. The lowest BCUT2D eigenvalue weighted by atomic mass is 10.2. The van der Waals surface area contributed by atoms with Crippen LogP contribution in [0.15, 0.2) is 6.07 Å². The second-order valence-corrected chi connectivity index (χ2v) is 5.99. The first-order valence-corrected chi connectivity index (χ1v) is 7.92. The van der Waals surface area contributed by atoms with Crippen LogP contribution in [0.3, 0.4) is 0 Å². The Bertz CT molecular complexity index is 397. The molecule has 1 fully saturated rings. The number of anilines is 2. The number of nitrogens with one attached hydrogen (secondary N) is 1. The summed E-state index contributed by atoms with van der Waals surface area (Å²) in [6.45, 7) is 2.12. The van der Waals surface area contributed by atoms with Gasteiger partial charge < -0.3 is 11.1 Å². The Hall–Kier alpha value is -0.970. The Labute approximate surface area is 113 Å². The van der Waals surface area contributed by atoms with Gasteiger partial charge in [-0.2, -0.15) is 11.8 Å². The molecule has 100 valence electrons. The van der Waals surface area contributed by atoms with Crippen LogP contribution >= 0.6 is 11.8 Å². The summed E-state index contributed by atoms with van der Waals surface area (Å²) >= 11 is 1.96. The van der Waals surface area contributed by atoms with Gasteiger partial charge in [0, 0.05) is 23.8 Å². The van der Waals surface area contributed by atoms with Gasteiger partial charge in [0.1, 0.15) is 17.5 Å². The molecule has 5 heteroatoms. The smallest absolute Gasteiger partial charge is 0.133 e. The molecule has 18 heavy (non-hydrogen) atoms. The molecule has 1 aromatic rings. The van der Waals surface area contributed by atoms with Crippen LogP contribution in [0.5, 0.6) is 0 Å². The van der Waals surface area contributed by atoms with E-state index in [0.717, 1.165) is 29.7 Å². The summed E-state index contributed by atoms with van der Waals surface area (Å²) in [5.41, 5.74) is 5.82. The molecule has 2 rings (SSSR count). The molecule has 3 N–H and O–H groups in total. The molecule has 0 aromatic carbocycles. The van der Waals surface area contributed by atoms with E-state index in [2.05, 4.69) is 28.5 Å². The predicted molar refractivity (Wildman–Crippen MR) is 79.0 cm³/mol. The van der Waals surface area contributed by atoms with Crippen LogP contribution in [0.25, 0.3) is 0 Å². The van der Waals surface area contributed by atoms with E-state index < -0.39 is 0 Å². The second-order valence-electron chi connectivity index (χ2n) is 4.86. The Morgan fingerprint density at radius 3 is 2.94 bits per heavy atom. The first kappa shape index (κ1) is 13.5. The Balaban J connectivity index is 2.00. The molecule has 0 spiro atoms. The summed E-state index contributed by atoms with van der Waals surface area (Å²) in [7, 11) is 0. The molecule has 1 aromatic heterocycles. The van der Waals surface area contributed by atoms with Gasteiger partial charge in [-0.15, -0.1) is 0 Å². The SMILES string of the molecule is CCCc1nc(N)cc(NC2CCC(SC)C2)n1. The van der Waals surface area contributed by atoms with Crippen molar-refractivity contribution in [3.05, 3.63) is 11.9 Å². The van der Waals surface area contributed by atoms with E-state index in [4.69, 9.17) is 5.73 Å². The number of nitrogens with zero attached hydrogens (tertiary/aromatic N) is 2. The number of hydrogen-bond acceptors (Lipinski definition) is 5. The molecule has 0 aliphatic heterocycles. The molecule has 2 unspecified atom stereocenters. The Kier molecular flexibility index (Phi) is 4.69. The Morgan fingerprint density at radius 1 is 1.44 bits per heavy atom. The fourth-order valence-electron chi connectivity index (χ4n) is 2.42. The van der Waals surface area contributed by atoms with Crippen molar-refractivity contribution in [2.45, 2.75) is 50.3 Å². The fourth-order valence-corrected chi connectivity index (χ4v) is 3.22. The lowest BCUT2D eigenvalue weighted by Gasteiger charge is -2.14. The summed E-state index contributed by atoms with van der Waals surface area (Å²) < 4.78 is 0. The Morgan fingerprint density at radius 2 is 2.28 bits per heavy atom. The highest BCUT2D eigenvalue weighted by atomic mass is 32.2. The van der Waals surface area contributed by atoms with E-state index in [0.29, 0.717) is 11.9 Å². The summed E-state index contributed by atoms with van der Waals surface area (Å²) in [5, 5.41) is 4.29. The summed E-state index contributed by atoms with van der Waals surface area (Å²) in [6.07, 6.45) is 7.85. The molecule has 1 aliphatic rings. The molecule has 0 radical (unpaired) electrons. The molecule has 0 saturated heterocycles. The van der Waals surface area contributed by atoms with E-state index in [-0.39, 0.29) is 0 Å². The van der Waals surface area contributed by atoms with Gasteiger partial charge in [0.15, 0.2) is 0 Å². The lowest BCUT2D eigenvalue weighted by molar-refractivity contribution is 0.746. The average Bonchev–Trinajstić information content (AvgIpc) is 2.76. The van der Waals surface area contributed by atoms with Crippen LogP contribution in [0.4, 0.5) is 11.6 Å². The number of nitrogen functional groups attached to an aromatic ring is 1. The zero-order valence-electron chi connectivity index (χ0n) is 11.1. The van der Waals surface area contributed by atoms with Crippen molar-refractivity contribution in [3.8, 4) is 0 Å². The van der Waals surface area contributed by atoms with Gasteiger partial charge >= 0.3 is 0 Å². The minimum Gasteiger partial charge on any atom is -0.384 e. The van der Waals surface area contributed by atoms with Crippen LogP contribution in [0.1, 0.15) is 38.4 Å². The number of thioether (sulfide) groups is 1. The van der Waals surface area contributed by atoms with E-state index in [1.54, 1.807) is 0 Å². The summed E-state index contributed by atoms with van der Waals surface area (Å²) in [5.74, 6) is 2.30. The summed E-state index contributed by atoms with van der Waals surface area (Å²) in [4.78, 5) is 8.78. The number of nitrogens with two attached hydrogens (primary N) is 1. The van der Waals surface area contributed by atoms with E-state index in [1.165, 1.54) is 19.3 Å². The van der Waals surface area contributed by atoms with Crippen LogP contribution in [0, 0.1) is 0 Å². The molecule has 2 atom stereocenters. The maximum Gasteiger partial charge on any atom is 0.133 e. The standard InChI is InChI=1S/C13H22N4S/c1-3-4-12-16-11(14)8-13(17-12)15-9-5-6-10(7-9)18-2/h8-10H,3-7H2,1-2H3,(H3,14,15,16,17). The molecule has 1 aliphatic carbocycles. The molecular weight excluding hydrogens is 244 g/mol. The van der Waals surface area contributed by atoms with Crippen molar-refractivity contribution < 1.29 is 0 Å². The van der Waals surface area contributed by atoms with Gasteiger partial charge in [0.25, 0.3) is 0 Å². The van der Waals surface area contributed by atoms with Crippen molar-refractivity contribution >= 4 is 23.4 Å². The van der Waals surface area contributed by atoms with Crippen molar-refractivity contribution in [1.29, 1.82) is 0 Å². The first-order chi connectivity index (χ1) is 8.71. The molecule has 0 amide bonds. The van der Waals surface area contributed by atoms with Gasteiger partial charge in [-0.25, -0.2) is 9.97 Å². The van der Waals surface area contributed by atoms with Crippen molar-refractivity contribution in [2.24, 2.45) is 0 Å². The summed E-state index contributed by atoms with van der Waals surface area (Å²) in [6, 6.07) is 2.37. The predicted octanol–water partition coefficient (Wildman–Crippen LogP) is 2.71. The number of aromatic nitrogens is 2.